The minimum atomic E-state index is -2.06. The highest BCUT2D eigenvalue weighted by Crippen LogP contribution is 1.81. The minimum Gasteiger partial charge on any atom is -0.292 e. The molecule has 4 nitrogen and oxygen atoms in total. The first-order valence-corrected chi connectivity index (χ1v) is 3.25. The summed E-state index contributed by atoms with van der Waals surface area (Å²) in [7, 11) is 0. The Morgan fingerprint density at radius 2 is 2.25 bits per heavy atom. The lowest BCUT2D eigenvalue weighted by Crippen LogP contribution is -2.20. The molecule has 0 aromatic carbocycles. The molecular formula is C3H9NO3S. The molecule has 0 aliphatic carbocycles. The zero-order valence-electron chi connectivity index (χ0n) is 4.75. The van der Waals surface area contributed by atoms with E-state index < -0.39 is 11.3 Å². The van der Waals surface area contributed by atoms with Gasteiger partial charge in [0.1, 0.15) is 0 Å². The fourth-order valence-electron chi connectivity index (χ4n) is 0.137. The quantitative estimate of drug-likeness (QED) is 0.429. The molecule has 0 aliphatic heterocycles. The molecule has 0 bridgehead atoms. The van der Waals surface area contributed by atoms with E-state index in [-0.39, 0.29) is 6.10 Å². The predicted molar refractivity (Wildman–Crippen MR) is 30.1 cm³/mol. The van der Waals surface area contributed by atoms with Gasteiger partial charge in [-0.2, -0.15) is 0 Å². The van der Waals surface area contributed by atoms with Crippen LogP contribution in [-0.2, 0) is 16.1 Å². The monoisotopic (exact) mass is 139 g/mol. The average Bonchev–Trinajstić information content (AvgIpc) is 1.61. The molecule has 0 saturated carbocycles. The second-order valence-electron chi connectivity index (χ2n) is 1.50. The summed E-state index contributed by atoms with van der Waals surface area (Å²) in [6, 6.07) is 0. The first-order valence-electron chi connectivity index (χ1n) is 2.15. The summed E-state index contributed by atoms with van der Waals surface area (Å²) >= 11 is -2.06. The maximum Gasteiger partial charge on any atom is 0.256 e. The van der Waals surface area contributed by atoms with Gasteiger partial charge in [0.25, 0.3) is 11.3 Å². The Labute approximate surface area is 50.6 Å². The van der Waals surface area contributed by atoms with E-state index in [9.17, 15) is 4.21 Å². The van der Waals surface area contributed by atoms with Gasteiger partial charge in [0.15, 0.2) is 0 Å². The summed E-state index contributed by atoms with van der Waals surface area (Å²) in [4.78, 5) is 6.38. The summed E-state index contributed by atoms with van der Waals surface area (Å²) in [6.45, 7) is 3.50. The van der Waals surface area contributed by atoms with Crippen LogP contribution in [0.25, 0.3) is 0 Å². The summed E-state index contributed by atoms with van der Waals surface area (Å²) < 4.78 is 17.8. The molecule has 2 N–H and O–H groups in total. The van der Waals surface area contributed by atoms with Crippen molar-refractivity contribution in [2.75, 3.05) is 0 Å². The molecule has 0 heterocycles. The minimum absolute atomic E-state index is 0.0777. The molecule has 0 rings (SSSR count). The fourth-order valence-corrected chi connectivity index (χ4v) is 0.412. The highest BCUT2D eigenvalue weighted by molar-refractivity contribution is 7.76. The molecule has 0 amide bonds. The van der Waals surface area contributed by atoms with Crippen molar-refractivity contribution < 1.29 is 13.6 Å². The predicted octanol–water partition coefficient (Wildman–Crippen LogP) is 0.0527. The smallest absolute Gasteiger partial charge is 0.256 e. The van der Waals surface area contributed by atoms with E-state index >= 15 is 0 Å². The third-order valence-corrected chi connectivity index (χ3v) is 0.594. The highest BCUT2D eigenvalue weighted by atomic mass is 32.2. The standard InChI is InChI=1S/C3H9NO3S/c1-3(2)7-4-8(5)6/h3-4H,1-2H3,(H,5,6). The summed E-state index contributed by atoms with van der Waals surface area (Å²) in [5.74, 6) is 0. The molecule has 8 heavy (non-hydrogen) atoms. The van der Waals surface area contributed by atoms with Gasteiger partial charge in [-0.1, -0.05) is 4.89 Å². The van der Waals surface area contributed by atoms with Crippen LogP contribution < -0.4 is 4.89 Å². The molecule has 0 radical (unpaired) electrons. The van der Waals surface area contributed by atoms with Gasteiger partial charge in [0.05, 0.1) is 6.10 Å². The first-order chi connectivity index (χ1) is 3.63. The molecule has 0 saturated heterocycles. The van der Waals surface area contributed by atoms with E-state index in [1.165, 1.54) is 0 Å². The van der Waals surface area contributed by atoms with Crippen molar-refractivity contribution in [1.82, 2.24) is 4.89 Å². The average molecular weight is 139 g/mol. The SMILES string of the molecule is CC(C)ONS(=O)O. The van der Waals surface area contributed by atoms with Gasteiger partial charge in [0, 0.05) is 0 Å². The van der Waals surface area contributed by atoms with Crippen LogP contribution in [0.5, 0.6) is 0 Å². The molecule has 0 aromatic rings. The van der Waals surface area contributed by atoms with Gasteiger partial charge in [-0.25, -0.2) is 4.21 Å². The Bertz CT molecular complexity index is 84.6. The molecule has 1 unspecified atom stereocenters. The van der Waals surface area contributed by atoms with Crippen LogP contribution in [0.4, 0.5) is 0 Å². The Morgan fingerprint density at radius 3 is 2.38 bits per heavy atom. The van der Waals surface area contributed by atoms with E-state index in [0.29, 0.717) is 0 Å². The van der Waals surface area contributed by atoms with Crippen LogP contribution in [-0.4, -0.2) is 14.9 Å². The summed E-state index contributed by atoms with van der Waals surface area (Å²) in [5.41, 5.74) is 0. The lowest BCUT2D eigenvalue weighted by Gasteiger charge is -2.02. The van der Waals surface area contributed by atoms with Gasteiger partial charge in [0.2, 0.25) is 0 Å². The van der Waals surface area contributed by atoms with Crippen molar-refractivity contribution >= 4 is 11.3 Å². The largest absolute Gasteiger partial charge is 0.292 e. The lowest BCUT2D eigenvalue weighted by atomic mass is 10.5. The van der Waals surface area contributed by atoms with Crippen LogP contribution in [0.15, 0.2) is 0 Å². The van der Waals surface area contributed by atoms with Crippen molar-refractivity contribution in [2.24, 2.45) is 0 Å². The van der Waals surface area contributed by atoms with Crippen molar-refractivity contribution in [3.8, 4) is 0 Å². The molecule has 5 heteroatoms. The van der Waals surface area contributed by atoms with Gasteiger partial charge < -0.3 is 0 Å². The molecule has 0 spiro atoms. The number of hydrogen-bond donors (Lipinski definition) is 2. The van der Waals surface area contributed by atoms with Crippen LogP contribution in [0, 0.1) is 0 Å². The molecule has 50 valence electrons. The number of hydrogen-bond acceptors (Lipinski definition) is 2. The third-order valence-electron chi connectivity index (χ3n) is 0.355. The van der Waals surface area contributed by atoms with E-state index in [0.717, 1.165) is 0 Å². The Balaban J connectivity index is 3.05. The van der Waals surface area contributed by atoms with Crippen molar-refractivity contribution in [1.29, 1.82) is 0 Å². The van der Waals surface area contributed by atoms with Crippen molar-refractivity contribution in [3.05, 3.63) is 0 Å². The topological polar surface area (TPSA) is 58.6 Å². The van der Waals surface area contributed by atoms with Crippen molar-refractivity contribution in [2.45, 2.75) is 20.0 Å². The Hall–Kier alpha value is 0.0300. The van der Waals surface area contributed by atoms with Gasteiger partial charge in [-0.15, -0.1) is 0 Å². The zero-order valence-corrected chi connectivity index (χ0v) is 5.57. The maximum absolute atomic E-state index is 9.78. The second-order valence-corrected chi connectivity index (χ2v) is 2.16. The van der Waals surface area contributed by atoms with Crippen LogP contribution in [0.2, 0.25) is 0 Å². The summed E-state index contributed by atoms with van der Waals surface area (Å²) in [6.07, 6.45) is -0.0777. The zero-order chi connectivity index (χ0) is 6.57. The number of nitrogens with one attached hydrogen (secondary N) is 1. The molecule has 0 aliphatic rings. The fraction of sp³-hybridized carbons (Fsp3) is 1.00. The molecule has 0 fully saturated rings. The summed E-state index contributed by atoms with van der Waals surface area (Å²) in [5, 5.41) is 0. The van der Waals surface area contributed by atoms with E-state index in [1.54, 1.807) is 13.8 Å². The highest BCUT2D eigenvalue weighted by Gasteiger charge is 1.93. The van der Waals surface area contributed by atoms with Crippen LogP contribution >= 0.6 is 0 Å². The number of rotatable bonds is 3. The van der Waals surface area contributed by atoms with Gasteiger partial charge in [-0.05, 0) is 13.8 Å². The molecule has 1 atom stereocenters. The van der Waals surface area contributed by atoms with Gasteiger partial charge in [-0.3, -0.25) is 9.39 Å². The van der Waals surface area contributed by atoms with Crippen LogP contribution in [0.3, 0.4) is 0 Å². The Kier molecular flexibility index (Phi) is 3.98. The Morgan fingerprint density at radius 1 is 1.75 bits per heavy atom. The van der Waals surface area contributed by atoms with E-state index in [4.69, 9.17) is 4.55 Å². The van der Waals surface area contributed by atoms with E-state index in [2.05, 4.69) is 4.84 Å². The second kappa shape index (κ2) is 3.96. The molecule has 0 aromatic heterocycles. The van der Waals surface area contributed by atoms with Crippen molar-refractivity contribution in [3.63, 3.8) is 0 Å². The normalized spacial score (nSPS) is 14.5. The first kappa shape index (κ1) is 8.03. The molecular weight excluding hydrogens is 130 g/mol. The maximum atomic E-state index is 9.78. The lowest BCUT2D eigenvalue weighted by molar-refractivity contribution is 0.0401. The van der Waals surface area contributed by atoms with Gasteiger partial charge >= 0.3 is 0 Å². The van der Waals surface area contributed by atoms with E-state index in [1.807, 2.05) is 4.89 Å². The third kappa shape index (κ3) is 6.03. The van der Waals surface area contributed by atoms with Crippen LogP contribution in [0.1, 0.15) is 13.8 Å².